The molecule has 0 spiro atoms. The van der Waals surface area contributed by atoms with E-state index >= 15 is 0 Å². The predicted molar refractivity (Wildman–Crippen MR) is 96.7 cm³/mol. The number of fused-ring (bicyclic) bond motifs is 4. The largest absolute Gasteiger partial charge is 0.477 e. The number of hydrogen-bond donors (Lipinski definition) is 0. The van der Waals surface area contributed by atoms with E-state index in [9.17, 15) is 4.79 Å². The summed E-state index contributed by atoms with van der Waals surface area (Å²) in [7, 11) is 0. The molecule has 136 valence electrons. The molecule has 2 bridgehead atoms. The highest BCUT2D eigenvalue weighted by molar-refractivity contribution is 5.96. The minimum atomic E-state index is 0.0824. The third-order valence-electron chi connectivity index (χ3n) is 6.11. The highest BCUT2D eigenvalue weighted by Gasteiger charge is 2.38. The van der Waals surface area contributed by atoms with Crippen molar-refractivity contribution in [2.24, 2.45) is 11.8 Å². The molecule has 2 atom stereocenters. The molecular formula is C20H29N3O2. The van der Waals surface area contributed by atoms with Crippen LogP contribution in [-0.4, -0.2) is 59.5 Å². The normalized spacial score (nSPS) is 27.0. The number of carbonyl (C=O) groups is 1. The number of ether oxygens (including phenoxy) is 1. The number of carbonyl (C=O) groups excluding carboxylic acids is 1. The number of hydrogen-bond acceptors (Lipinski definition) is 4. The summed E-state index contributed by atoms with van der Waals surface area (Å²) in [6, 6.07) is 4.19. The lowest BCUT2D eigenvalue weighted by atomic mass is 9.83. The molecule has 0 radical (unpaired) electrons. The average molecular weight is 343 g/mol. The van der Waals surface area contributed by atoms with Gasteiger partial charge >= 0.3 is 0 Å². The molecule has 1 aromatic heterocycles. The number of pyridine rings is 1. The SMILES string of the molecule is CCOc1ncccc1C(=O)N1C[C@H]2CC[C@@H](C1)N(CC1CCC1)C2. The predicted octanol–water partition coefficient (Wildman–Crippen LogP) is 2.82. The van der Waals surface area contributed by atoms with Crippen molar-refractivity contribution >= 4 is 5.91 Å². The third kappa shape index (κ3) is 3.52. The van der Waals surface area contributed by atoms with Crippen molar-refractivity contribution in [3.8, 4) is 5.88 Å². The van der Waals surface area contributed by atoms with Gasteiger partial charge < -0.3 is 9.64 Å². The maximum atomic E-state index is 13.2. The summed E-state index contributed by atoms with van der Waals surface area (Å²) in [5.41, 5.74) is 0.608. The van der Waals surface area contributed by atoms with E-state index in [0.717, 1.165) is 25.6 Å². The van der Waals surface area contributed by atoms with E-state index in [4.69, 9.17) is 4.74 Å². The van der Waals surface area contributed by atoms with Crippen LogP contribution in [-0.2, 0) is 0 Å². The van der Waals surface area contributed by atoms with E-state index in [-0.39, 0.29) is 5.91 Å². The maximum absolute atomic E-state index is 13.2. The van der Waals surface area contributed by atoms with Crippen molar-refractivity contribution in [3.05, 3.63) is 23.9 Å². The second-order valence-corrected chi connectivity index (χ2v) is 7.85. The number of amides is 1. The van der Waals surface area contributed by atoms with E-state index < -0.39 is 0 Å². The van der Waals surface area contributed by atoms with Crippen LogP contribution in [0, 0.1) is 11.8 Å². The first-order valence-electron chi connectivity index (χ1n) is 9.85. The number of rotatable bonds is 5. The fourth-order valence-corrected chi connectivity index (χ4v) is 4.55. The summed E-state index contributed by atoms with van der Waals surface area (Å²) < 4.78 is 5.58. The molecule has 3 aliphatic heterocycles. The Labute approximate surface area is 150 Å². The van der Waals surface area contributed by atoms with Gasteiger partial charge in [0.25, 0.3) is 5.91 Å². The van der Waals surface area contributed by atoms with Crippen molar-refractivity contribution in [2.45, 2.75) is 45.1 Å². The van der Waals surface area contributed by atoms with Crippen LogP contribution in [0.4, 0.5) is 0 Å². The Morgan fingerprint density at radius 2 is 2.12 bits per heavy atom. The van der Waals surface area contributed by atoms with Crippen LogP contribution >= 0.6 is 0 Å². The van der Waals surface area contributed by atoms with Gasteiger partial charge in [0.1, 0.15) is 5.56 Å². The zero-order chi connectivity index (χ0) is 17.2. The molecule has 3 saturated heterocycles. The van der Waals surface area contributed by atoms with Crippen molar-refractivity contribution in [3.63, 3.8) is 0 Å². The second kappa shape index (κ2) is 7.32. The summed E-state index contributed by atoms with van der Waals surface area (Å²) in [5, 5.41) is 0. The molecule has 5 heteroatoms. The Morgan fingerprint density at radius 1 is 1.24 bits per heavy atom. The summed E-state index contributed by atoms with van der Waals surface area (Å²) >= 11 is 0. The molecule has 1 aromatic rings. The lowest BCUT2D eigenvalue weighted by molar-refractivity contribution is 0.0712. The first kappa shape index (κ1) is 16.8. The molecule has 1 amide bonds. The van der Waals surface area contributed by atoms with Gasteiger partial charge in [-0.15, -0.1) is 0 Å². The van der Waals surface area contributed by atoms with Crippen molar-refractivity contribution in [1.82, 2.24) is 14.8 Å². The highest BCUT2D eigenvalue weighted by atomic mass is 16.5. The van der Waals surface area contributed by atoms with E-state index in [1.165, 1.54) is 38.6 Å². The van der Waals surface area contributed by atoms with E-state index in [1.54, 1.807) is 6.20 Å². The van der Waals surface area contributed by atoms with Crippen LogP contribution in [0.2, 0.25) is 0 Å². The molecule has 4 aliphatic rings. The van der Waals surface area contributed by atoms with Crippen molar-refractivity contribution in [1.29, 1.82) is 0 Å². The van der Waals surface area contributed by atoms with Gasteiger partial charge in [0.2, 0.25) is 5.88 Å². The number of aromatic nitrogens is 1. The minimum absolute atomic E-state index is 0.0824. The van der Waals surface area contributed by atoms with Gasteiger partial charge in [-0.1, -0.05) is 6.42 Å². The van der Waals surface area contributed by atoms with Crippen LogP contribution < -0.4 is 4.74 Å². The minimum Gasteiger partial charge on any atom is -0.477 e. The molecule has 1 saturated carbocycles. The molecule has 0 N–H and O–H groups in total. The van der Waals surface area contributed by atoms with Crippen molar-refractivity contribution in [2.75, 3.05) is 32.8 Å². The molecular weight excluding hydrogens is 314 g/mol. The molecule has 4 fully saturated rings. The van der Waals surface area contributed by atoms with Crippen LogP contribution in [0.15, 0.2) is 18.3 Å². The fourth-order valence-electron chi connectivity index (χ4n) is 4.55. The van der Waals surface area contributed by atoms with E-state index in [0.29, 0.717) is 30.0 Å². The summed E-state index contributed by atoms with van der Waals surface area (Å²) in [4.78, 5) is 22.1. The number of piperidine rings is 1. The van der Waals surface area contributed by atoms with Crippen LogP contribution in [0.5, 0.6) is 5.88 Å². The van der Waals surface area contributed by atoms with E-state index in [1.807, 2.05) is 19.1 Å². The van der Waals surface area contributed by atoms with Gasteiger partial charge in [-0.25, -0.2) is 4.98 Å². The Kier molecular flexibility index (Phi) is 4.93. The Hall–Kier alpha value is -1.62. The molecule has 4 heterocycles. The fraction of sp³-hybridized carbons (Fsp3) is 0.700. The van der Waals surface area contributed by atoms with Gasteiger partial charge in [-0.2, -0.15) is 0 Å². The summed E-state index contributed by atoms with van der Waals surface area (Å²) in [6.45, 7) is 6.57. The molecule has 0 aromatic carbocycles. The zero-order valence-electron chi connectivity index (χ0n) is 15.2. The highest BCUT2D eigenvalue weighted by Crippen LogP contribution is 2.33. The molecule has 1 aliphatic carbocycles. The van der Waals surface area contributed by atoms with Crippen LogP contribution in [0.3, 0.4) is 0 Å². The van der Waals surface area contributed by atoms with E-state index in [2.05, 4.69) is 14.8 Å². The maximum Gasteiger partial charge on any atom is 0.259 e. The molecule has 0 unspecified atom stereocenters. The molecule has 5 nitrogen and oxygen atoms in total. The Morgan fingerprint density at radius 3 is 2.88 bits per heavy atom. The Balaban J connectivity index is 1.49. The Bertz CT molecular complexity index is 617. The van der Waals surface area contributed by atoms with Gasteiger partial charge in [-0.05, 0) is 56.6 Å². The zero-order valence-corrected chi connectivity index (χ0v) is 15.2. The van der Waals surface area contributed by atoms with Gasteiger partial charge in [0, 0.05) is 38.4 Å². The first-order chi connectivity index (χ1) is 12.2. The lowest BCUT2D eigenvalue weighted by Crippen LogP contribution is -2.47. The van der Waals surface area contributed by atoms with Gasteiger partial charge in [0.15, 0.2) is 0 Å². The van der Waals surface area contributed by atoms with Crippen molar-refractivity contribution < 1.29 is 9.53 Å². The molecule has 25 heavy (non-hydrogen) atoms. The number of nitrogens with zero attached hydrogens (tertiary/aromatic N) is 3. The smallest absolute Gasteiger partial charge is 0.259 e. The monoisotopic (exact) mass is 343 g/mol. The summed E-state index contributed by atoms with van der Waals surface area (Å²) in [6.07, 6.45) is 8.36. The topological polar surface area (TPSA) is 45.7 Å². The first-order valence-corrected chi connectivity index (χ1v) is 9.85. The standard InChI is InChI=1S/C20H29N3O2/c1-2-25-19-18(7-4-10-21-19)20(24)23-13-16-8-9-17(14-23)22(12-16)11-15-5-3-6-15/h4,7,10,15-17H,2-3,5-6,8-9,11-14H2,1H3/t16-,17-/m0/s1. The lowest BCUT2D eigenvalue weighted by Gasteiger charge is -2.40. The van der Waals surface area contributed by atoms with Crippen LogP contribution in [0.1, 0.15) is 49.4 Å². The van der Waals surface area contributed by atoms with Gasteiger partial charge in [0.05, 0.1) is 6.61 Å². The van der Waals surface area contributed by atoms with Gasteiger partial charge in [-0.3, -0.25) is 9.69 Å². The quantitative estimate of drug-likeness (QED) is 0.825. The second-order valence-electron chi connectivity index (χ2n) is 7.85. The van der Waals surface area contributed by atoms with Crippen LogP contribution in [0.25, 0.3) is 0 Å². The summed E-state index contributed by atoms with van der Waals surface area (Å²) in [5.74, 6) is 2.05. The third-order valence-corrected chi connectivity index (χ3v) is 6.11. The average Bonchev–Trinajstić information content (AvgIpc) is 2.90. The molecule has 5 rings (SSSR count).